The third-order valence-electron chi connectivity index (χ3n) is 3.73. The van der Waals surface area contributed by atoms with Crippen molar-refractivity contribution in [3.05, 3.63) is 23.7 Å². The fraction of sp³-hybridized carbons (Fsp3) is 0.538. The minimum atomic E-state index is -1.16. The lowest BCUT2D eigenvalue weighted by molar-refractivity contribution is -0.167. The normalized spacial score (nSPS) is 18.3. The number of carboxylic acid groups (broad SMARTS) is 1. The molecule has 19 heavy (non-hydrogen) atoms. The topological polar surface area (TPSA) is 80.0 Å². The Hall–Kier alpha value is -1.82. The average Bonchev–Trinajstić information content (AvgIpc) is 2.84. The van der Waals surface area contributed by atoms with E-state index in [1.165, 1.54) is 13.4 Å². The van der Waals surface area contributed by atoms with E-state index in [2.05, 4.69) is 0 Å². The number of piperidine rings is 1. The Morgan fingerprint density at radius 3 is 2.47 bits per heavy atom. The van der Waals surface area contributed by atoms with Crippen molar-refractivity contribution in [2.24, 2.45) is 0 Å². The van der Waals surface area contributed by atoms with E-state index in [1.54, 1.807) is 17.9 Å². The molecule has 1 amide bonds. The molecule has 1 fully saturated rings. The van der Waals surface area contributed by atoms with E-state index < -0.39 is 11.6 Å². The Kier molecular flexibility index (Phi) is 3.61. The first-order valence-corrected chi connectivity index (χ1v) is 6.12. The molecule has 0 unspecified atom stereocenters. The molecule has 6 heteroatoms. The summed E-state index contributed by atoms with van der Waals surface area (Å²) < 4.78 is 10.2. The van der Waals surface area contributed by atoms with Crippen LogP contribution in [-0.4, -0.2) is 47.7 Å². The zero-order valence-electron chi connectivity index (χ0n) is 11.0. The molecule has 0 saturated carbocycles. The average molecular weight is 267 g/mol. The summed E-state index contributed by atoms with van der Waals surface area (Å²) in [4.78, 5) is 25.1. The van der Waals surface area contributed by atoms with E-state index in [4.69, 9.17) is 9.15 Å². The SMILES string of the molecule is COC1(C(=O)O)CCN(C(=O)c2ccoc2C)CC1. The number of amides is 1. The number of aliphatic carboxylic acids is 1. The molecule has 1 N–H and O–H groups in total. The Bertz CT molecular complexity index is 485. The molecule has 0 aliphatic carbocycles. The highest BCUT2D eigenvalue weighted by Gasteiger charge is 2.42. The van der Waals surface area contributed by atoms with Gasteiger partial charge >= 0.3 is 5.97 Å². The quantitative estimate of drug-likeness (QED) is 0.892. The van der Waals surface area contributed by atoms with Gasteiger partial charge in [-0.15, -0.1) is 0 Å². The van der Waals surface area contributed by atoms with E-state index in [0.717, 1.165) is 0 Å². The molecule has 2 heterocycles. The minimum Gasteiger partial charge on any atom is -0.479 e. The van der Waals surface area contributed by atoms with Crippen molar-refractivity contribution in [3.63, 3.8) is 0 Å². The van der Waals surface area contributed by atoms with Crippen LogP contribution in [0, 0.1) is 6.92 Å². The van der Waals surface area contributed by atoms with Gasteiger partial charge in [0.15, 0.2) is 5.60 Å². The molecular formula is C13H17NO5. The van der Waals surface area contributed by atoms with E-state index in [0.29, 0.717) is 37.3 Å². The van der Waals surface area contributed by atoms with Crippen molar-refractivity contribution in [1.29, 1.82) is 0 Å². The molecule has 1 aliphatic heterocycles. The van der Waals surface area contributed by atoms with Gasteiger partial charge in [-0.05, 0) is 13.0 Å². The molecule has 1 aromatic rings. The number of hydrogen-bond donors (Lipinski definition) is 1. The predicted octanol–water partition coefficient (Wildman–Crippen LogP) is 1.29. The van der Waals surface area contributed by atoms with Crippen molar-refractivity contribution in [2.75, 3.05) is 20.2 Å². The summed E-state index contributed by atoms with van der Waals surface area (Å²) in [6.07, 6.45) is 2.06. The minimum absolute atomic E-state index is 0.124. The Morgan fingerprint density at radius 1 is 1.42 bits per heavy atom. The number of hydrogen-bond acceptors (Lipinski definition) is 4. The van der Waals surface area contributed by atoms with Crippen LogP contribution < -0.4 is 0 Å². The van der Waals surface area contributed by atoms with Crippen LogP contribution in [0.3, 0.4) is 0 Å². The summed E-state index contributed by atoms with van der Waals surface area (Å²) in [6, 6.07) is 1.63. The highest BCUT2D eigenvalue weighted by atomic mass is 16.5. The van der Waals surface area contributed by atoms with Crippen LogP contribution in [-0.2, 0) is 9.53 Å². The van der Waals surface area contributed by atoms with Gasteiger partial charge in [0.05, 0.1) is 11.8 Å². The highest BCUT2D eigenvalue weighted by molar-refractivity contribution is 5.95. The Morgan fingerprint density at radius 2 is 2.05 bits per heavy atom. The summed E-state index contributed by atoms with van der Waals surface area (Å²) in [5, 5.41) is 9.20. The van der Waals surface area contributed by atoms with Crippen molar-refractivity contribution in [3.8, 4) is 0 Å². The molecule has 1 aliphatic rings. The van der Waals surface area contributed by atoms with E-state index in [9.17, 15) is 14.7 Å². The molecule has 0 atom stereocenters. The van der Waals surface area contributed by atoms with Gasteiger partial charge in [0.25, 0.3) is 5.91 Å². The van der Waals surface area contributed by atoms with Gasteiger partial charge in [0.1, 0.15) is 5.76 Å². The number of rotatable bonds is 3. The lowest BCUT2D eigenvalue weighted by Gasteiger charge is -2.37. The van der Waals surface area contributed by atoms with Crippen molar-refractivity contribution < 1.29 is 23.8 Å². The number of carboxylic acids is 1. The van der Waals surface area contributed by atoms with Gasteiger partial charge in [-0.25, -0.2) is 4.79 Å². The molecule has 2 rings (SSSR count). The molecule has 0 bridgehead atoms. The molecule has 104 valence electrons. The monoisotopic (exact) mass is 267 g/mol. The van der Waals surface area contributed by atoms with Crippen LogP contribution in [0.1, 0.15) is 29.0 Å². The highest BCUT2D eigenvalue weighted by Crippen LogP contribution is 2.27. The number of furan rings is 1. The van der Waals surface area contributed by atoms with Gasteiger partial charge in [-0.1, -0.05) is 0 Å². The number of methoxy groups -OCH3 is 1. The Labute approximate surface area is 110 Å². The molecule has 6 nitrogen and oxygen atoms in total. The van der Waals surface area contributed by atoms with Crippen LogP contribution in [0.15, 0.2) is 16.7 Å². The van der Waals surface area contributed by atoms with E-state index in [1.807, 2.05) is 0 Å². The molecule has 0 aromatic carbocycles. The van der Waals surface area contributed by atoms with Crippen LogP contribution in [0.4, 0.5) is 0 Å². The summed E-state index contributed by atoms with van der Waals surface area (Å²) in [5.74, 6) is -0.519. The number of nitrogens with zero attached hydrogens (tertiary/aromatic N) is 1. The summed E-state index contributed by atoms with van der Waals surface area (Å²) in [7, 11) is 1.39. The number of carbonyl (C=O) groups is 2. The number of aryl methyl sites for hydroxylation is 1. The fourth-order valence-corrected chi connectivity index (χ4v) is 2.35. The van der Waals surface area contributed by atoms with Gasteiger partial charge in [0, 0.05) is 33.0 Å². The fourth-order valence-electron chi connectivity index (χ4n) is 2.35. The second-order valence-corrected chi connectivity index (χ2v) is 4.69. The van der Waals surface area contributed by atoms with Gasteiger partial charge in [-0.2, -0.15) is 0 Å². The smallest absolute Gasteiger partial charge is 0.336 e. The largest absolute Gasteiger partial charge is 0.479 e. The Balaban J connectivity index is 2.06. The molecule has 0 radical (unpaired) electrons. The van der Waals surface area contributed by atoms with Crippen LogP contribution in [0.2, 0.25) is 0 Å². The zero-order chi connectivity index (χ0) is 14.0. The number of carbonyl (C=O) groups excluding carboxylic acids is 1. The molecular weight excluding hydrogens is 250 g/mol. The lowest BCUT2D eigenvalue weighted by Crippen LogP contribution is -2.52. The standard InChI is InChI=1S/C13H17NO5/c1-9-10(3-8-19-9)11(15)14-6-4-13(18-2,5-7-14)12(16)17/h3,8H,4-7H2,1-2H3,(H,16,17). The van der Waals surface area contributed by atoms with Crippen LogP contribution >= 0.6 is 0 Å². The lowest BCUT2D eigenvalue weighted by atomic mass is 9.91. The maximum Gasteiger partial charge on any atom is 0.336 e. The van der Waals surface area contributed by atoms with Gasteiger partial charge in [-0.3, -0.25) is 4.79 Å². The summed E-state index contributed by atoms with van der Waals surface area (Å²) >= 11 is 0. The molecule has 0 spiro atoms. The summed E-state index contributed by atoms with van der Waals surface area (Å²) in [6.45, 7) is 2.46. The maximum absolute atomic E-state index is 12.2. The second-order valence-electron chi connectivity index (χ2n) is 4.69. The van der Waals surface area contributed by atoms with E-state index >= 15 is 0 Å². The van der Waals surface area contributed by atoms with Gasteiger partial charge < -0.3 is 19.2 Å². The van der Waals surface area contributed by atoms with Crippen molar-refractivity contribution in [2.45, 2.75) is 25.4 Å². The van der Waals surface area contributed by atoms with Gasteiger partial charge in [0.2, 0.25) is 0 Å². The molecule has 1 aromatic heterocycles. The van der Waals surface area contributed by atoms with Crippen LogP contribution in [0.25, 0.3) is 0 Å². The van der Waals surface area contributed by atoms with E-state index in [-0.39, 0.29) is 5.91 Å². The third-order valence-corrected chi connectivity index (χ3v) is 3.73. The van der Waals surface area contributed by atoms with Crippen LogP contribution in [0.5, 0.6) is 0 Å². The first kappa shape index (κ1) is 13.6. The first-order valence-electron chi connectivity index (χ1n) is 6.12. The zero-order valence-corrected chi connectivity index (χ0v) is 11.0. The van der Waals surface area contributed by atoms with Crippen molar-refractivity contribution in [1.82, 2.24) is 4.90 Å². The second kappa shape index (κ2) is 5.05. The third kappa shape index (κ3) is 2.35. The predicted molar refractivity (Wildman–Crippen MR) is 66.0 cm³/mol. The van der Waals surface area contributed by atoms with Crippen molar-refractivity contribution >= 4 is 11.9 Å². The summed E-state index contributed by atoms with van der Waals surface area (Å²) in [5.41, 5.74) is -0.636. The molecule has 1 saturated heterocycles. The number of likely N-dealkylation sites (tertiary alicyclic amines) is 1. The first-order chi connectivity index (χ1) is 9.00. The maximum atomic E-state index is 12.2. The number of ether oxygens (including phenoxy) is 1.